The van der Waals surface area contributed by atoms with Crippen molar-refractivity contribution in [2.45, 2.75) is 44.8 Å². The molecular formula is C22H27NO3. The highest BCUT2D eigenvalue weighted by molar-refractivity contribution is 5.94. The van der Waals surface area contributed by atoms with Gasteiger partial charge >= 0.3 is 0 Å². The first kappa shape index (κ1) is 18.3. The Hall–Kier alpha value is -2.49. The minimum Gasteiger partial charge on any atom is -0.497 e. The van der Waals surface area contributed by atoms with E-state index >= 15 is 0 Å². The van der Waals surface area contributed by atoms with Crippen LogP contribution in [0.3, 0.4) is 0 Å². The second-order valence-electron chi connectivity index (χ2n) is 6.91. The number of ether oxygens (including phenoxy) is 2. The molecule has 4 heteroatoms. The summed E-state index contributed by atoms with van der Waals surface area (Å²) < 4.78 is 11.2. The summed E-state index contributed by atoms with van der Waals surface area (Å²) in [6.07, 6.45) is 5.07. The second kappa shape index (κ2) is 8.26. The van der Waals surface area contributed by atoms with Crippen LogP contribution in [0.25, 0.3) is 0 Å². The van der Waals surface area contributed by atoms with E-state index in [0.717, 1.165) is 29.9 Å². The van der Waals surface area contributed by atoms with Crippen molar-refractivity contribution in [1.82, 2.24) is 4.90 Å². The van der Waals surface area contributed by atoms with Crippen LogP contribution in [0.2, 0.25) is 0 Å². The molecule has 0 aromatic heterocycles. The minimum atomic E-state index is -0.0252. The third kappa shape index (κ3) is 4.18. The first-order valence-electron chi connectivity index (χ1n) is 9.26. The van der Waals surface area contributed by atoms with Crippen LogP contribution in [0.5, 0.6) is 11.5 Å². The second-order valence-corrected chi connectivity index (χ2v) is 6.91. The Morgan fingerprint density at radius 1 is 1.00 bits per heavy atom. The van der Waals surface area contributed by atoms with Crippen LogP contribution in [0, 0.1) is 0 Å². The van der Waals surface area contributed by atoms with E-state index in [1.807, 2.05) is 62.5 Å². The van der Waals surface area contributed by atoms with Crippen LogP contribution >= 0.6 is 0 Å². The van der Waals surface area contributed by atoms with Crippen molar-refractivity contribution in [2.24, 2.45) is 0 Å². The maximum absolute atomic E-state index is 12.8. The van der Waals surface area contributed by atoms with Gasteiger partial charge in [0.25, 0.3) is 5.91 Å². The number of carbonyl (C=O) groups is 1. The van der Waals surface area contributed by atoms with Gasteiger partial charge in [-0.2, -0.15) is 0 Å². The molecule has 1 unspecified atom stereocenters. The number of nitrogens with zero attached hydrogens (tertiary/aromatic N) is 1. The lowest BCUT2D eigenvalue weighted by Gasteiger charge is -2.25. The SMILES string of the molecule is COc1ccc(C(C)N(C)C(=O)c2ccc(OC3CCCC3)cc2)cc1. The molecule has 1 saturated carbocycles. The molecule has 0 heterocycles. The maximum atomic E-state index is 12.8. The van der Waals surface area contributed by atoms with Crippen LogP contribution < -0.4 is 9.47 Å². The number of hydrogen-bond acceptors (Lipinski definition) is 3. The molecule has 0 radical (unpaired) electrons. The lowest BCUT2D eigenvalue weighted by Crippen LogP contribution is -2.29. The van der Waals surface area contributed by atoms with Crippen molar-refractivity contribution < 1.29 is 14.3 Å². The molecule has 0 N–H and O–H groups in total. The van der Waals surface area contributed by atoms with Crippen LogP contribution in [-0.4, -0.2) is 31.1 Å². The lowest BCUT2D eigenvalue weighted by atomic mass is 10.1. The van der Waals surface area contributed by atoms with Gasteiger partial charge in [-0.3, -0.25) is 4.79 Å². The largest absolute Gasteiger partial charge is 0.497 e. The van der Waals surface area contributed by atoms with Gasteiger partial charge in [0.15, 0.2) is 0 Å². The Bertz CT molecular complexity index is 718. The Morgan fingerprint density at radius 2 is 1.58 bits per heavy atom. The van der Waals surface area contributed by atoms with Crippen LogP contribution in [0.4, 0.5) is 0 Å². The number of methoxy groups -OCH3 is 1. The van der Waals surface area contributed by atoms with Crippen molar-refractivity contribution in [1.29, 1.82) is 0 Å². The van der Waals surface area contributed by atoms with Crippen molar-refractivity contribution in [3.63, 3.8) is 0 Å². The zero-order valence-electron chi connectivity index (χ0n) is 15.8. The maximum Gasteiger partial charge on any atom is 0.254 e. The van der Waals surface area contributed by atoms with Gasteiger partial charge in [0.1, 0.15) is 11.5 Å². The summed E-state index contributed by atoms with van der Waals surface area (Å²) in [4.78, 5) is 14.6. The summed E-state index contributed by atoms with van der Waals surface area (Å²) in [6, 6.07) is 15.3. The van der Waals surface area contributed by atoms with Gasteiger partial charge in [-0.1, -0.05) is 12.1 Å². The topological polar surface area (TPSA) is 38.8 Å². The van der Waals surface area contributed by atoms with E-state index in [1.165, 1.54) is 12.8 Å². The molecule has 0 saturated heterocycles. The normalized spacial score (nSPS) is 15.5. The summed E-state index contributed by atoms with van der Waals surface area (Å²) in [5.74, 6) is 1.66. The van der Waals surface area contributed by atoms with Gasteiger partial charge in [0.2, 0.25) is 0 Å². The molecular weight excluding hydrogens is 326 g/mol. The summed E-state index contributed by atoms with van der Waals surface area (Å²) in [6.45, 7) is 2.03. The number of amides is 1. The molecule has 1 aliphatic carbocycles. The minimum absolute atomic E-state index is 0.000680. The van der Waals surface area contributed by atoms with Crippen molar-refractivity contribution in [2.75, 3.05) is 14.2 Å². The number of hydrogen-bond donors (Lipinski definition) is 0. The number of benzene rings is 2. The zero-order chi connectivity index (χ0) is 18.5. The highest BCUT2D eigenvalue weighted by Crippen LogP contribution is 2.26. The Morgan fingerprint density at radius 3 is 2.15 bits per heavy atom. The first-order valence-corrected chi connectivity index (χ1v) is 9.26. The number of carbonyl (C=O) groups excluding carboxylic acids is 1. The van der Waals surface area contributed by atoms with Gasteiger partial charge in [-0.25, -0.2) is 0 Å². The highest BCUT2D eigenvalue weighted by atomic mass is 16.5. The van der Waals surface area contributed by atoms with E-state index in [1.54, 1.807) is 12.0 Å². The predicted molar refractivity (Wildman–Crippen MR) is 103 cm³/mol. The molecule has 1 aliphatic rings. The summed E-state index contributed by atoms with van der Waals surface area (Å²) >= 11 is 0. The lowest BCUT2D eigenvalue weighted by molar-refractivity contribution is 0.0742. The molecule has 0 spiro atoms. The van der Waals surface area contributed by atoms with Gasteiger partial charge < -0.3 is 14.4 Å². The van der Waals surface area contributed by atoms with Crippen molar-refractivity contribution in [3.8, 4) is 11.5 Å². The molecule has 1 fully saturated rings. The fourth-order valence-electron chi connectivity index (χ4n) is 3.36. The van der Waals surface area contributed by atoms with Crippen LogP contribution in [0.1, 0.15) is 54.6 Å². The molecule has 138 valence electrons. The standard InChI is InChI=1S/C22H27NO3/c1-16(17-8-12-19(25-3)13-9-17)23(2)22(24)18-10-14-21(15-11-18)26-20-6-4-5-7-20/h8-16,20H,4-7H2,1-3H3. The van der Waals surface area contributed by atoms with Gasteiger partial charge in [0, 0.05) is 12.6 Å². The van der Waals surface area contributed by atoms with E-state index in [0.29, 0.717) is 11.7 Å². The Labute approximate surface area is 155 Å². The molecule has 3 rings (SSSR count). The third-order valence-electron chi connectivity index (χ3n) is 5.21. The molecule has 0 bridgehead atoms. The molecule has 26 heavy (non-hydrogen) atoms. The number of rotatable bonds is 6. The van der Waals surface area contributed by atoms with E-state index in [2.05, 4.69) is 0 Å². The van der Waals surface area contributed by atoms with Gasteiger partial charge in [-0.05, 0) is 74.6 Å². The average molecular weight is 353 g/mol. The third-order valence-corrected chi connectivity index (χ3v) is 5.21. The zero-order valence-corrected chi connectivity index (χ0v) is 15.8. The van der Waals surface area contributed by atoms with E-state index < -0.39 is 0 Å². The molecule has 0 aliphatic heterocycles. The predicted octanol–water partition coefficient (Wildman–Crippen LogP) is 4.85. The highest BCUT2D eigenvalue weighted by Gasteiger charge is 2.20. The molecule has 2 aromatic carbocycles. The molecule has 2 aromatic rings. The average Bonchev–Trinajstić information content (AvgIpc) is 3.20. The molecule has 1 atom stereocenters. The van der Waals surface area contributed by atoms with Crippen LogP contribution in [0.15, 0.2) is 48.5 Å². The smallest absolute Gasteiger partial charge is 0.254 e. The summed E-state index contributed by atoms with van der Waals surface area (Å²) in [5, 5.41) is 0. The van der Waals surface area contributed by atoms with E-state index in [9.17, 15) is 4.79 Å². The monoisotopic (exact) mass is 353 g/mol. The summed E-state index contributed by atoms with van der Waals surface area (Å²) in [7, 11) is 3.48. The molecule has 4 nitrogen and oxygen atoms in total. The van der Waals surface area contributed by atoms with Gasteiger partial charge in [-0.15, -0.1) is 0 Å². The van der Waals surface area contributed by atoms with E-state index in [-0.39, 0.29) is 11.9 Å². The fraction of sp³-hybridized carbons (Fsp3) is 0.409. The molecule has 1 amide bonds. The van der Waals surface area contributed by atoms with Crippen molar-refractivity contribution in [3.05, 3.63) is 59.7 Å². The van der Waals surface area contributed by atoms with E-state index in [4.69, 9.17) is 9.47 Å². The quantitative estimate of drug-likeness (QED) is 0.745. The Balaban J connectivity index is 1.64. The fourth-order valence-corrected chi connectivity index (χ4v) is 3.36. The van der Waals surface area contributed by atoms with Crippen LogP contribution in [-0.2, 0) is 0 Å². The first-order chi connectivity index (χ1) is 12.6. The summed E-state index contributed by atoms with van der Waals surface area (Å²) in [5.41, 5.74) is 1.74. The van der Waals surface area contributed by atoms with Gasteiger partial charge in [0.05, 0.1) is 19.3 Å². The Kier molecular flexibility index (Phi) is 5.82. The van der Waals surface area contributed by atoms with Crippen molar-refractivity contribution >= 4 is 5.91 Å².